The van der Waals surface area contributed by atoms with Gasteiger partial charge < -0.3 is 19.9 Å². The molecule has 0 radical (unpaired) electrons. The van der Waals surface area contributed by atoms with E-state index in [1.165, 1.54) is 11.0 Å². The number of likely N-dealkylation sites (tertiary alicyclic amines) is 1. The van der Waals surface area contributed by atoms with Crippen molar-refractivity contribution in [2.75, 3.05) is 18.4 Å². The summed E-state index contributed by atoms with van der Waals surface area (Å²) in [5.41, 5.74) is 1.14. The van der Waals surface area contributed by atoms with Crippen molar-refractivity contribution in [3.8, 4) is 5.88 Å². The normalized spacial score (nSPS) is 19.1. The van der Waals surface area contributed by atoms with Crippen molar-refractivity contribution < 1.29 is 13.9 Å². The van der Waals surface area contributed by atoms with Crippen molar-refractivity contribution in [1.29, 1.82) is 0 Å². The number of hydrogen-bond donors (Lipinski definition) is 2. The number of carbonyl (C=O) groups is 1. The lowest BCUT2D eigenvalue weighted by atomic mass is 10.1. The first-order valence-corrected chi connectivity index (χ1v) is 9.92. The van der Waals surface area contributed by atoms with Gasteiger partial charge in [-0.3, -0.25) is 9.48 Å². The number of halogens is 2. The Morgan fingerprint density at radius 3 is 3.10 bits per heavy atom. The van der Waals surface area contributed by atoms with E-state index in [1.807, 2.05) is 13.1 Å². The number of amides is 1. The zero-order chi connectivity index (χ0) is 21.3. The third kappa shape index (κ3) is 3.95. The maximum atomic E-state index is 14.6. The van der Waals surface area contributed by atoms with Gasteiger partial charge in [0.25, 0.3) is 0 Å². The van der Waals surface area contributed by atoms with E-state index in [4.69, 9.17) is 16.3 Å². The molecule has 30 heavy (non-hydrogen) atoms. The Morgan fingerprint density at radius 1 is 1.53 bits per heavy atom. The first kappa shape index (κ1) is 20.1. The number of nitrogens with zero attached hydrogens (tertiary/aromatic N) is 5. The molecule has 1 fully saturated rings. The average molecular weight is 434 g/mol. The molecule has 4 rings (SSSR count). The van der Waals surface area contributed by atoms with E-state index in [-0.39, 0.29) is 30.7 Å². The summed E-state index contributed by atoms with van der Waals surface area (Å²) in [6.07, 6.45) is 4.27. The zero-order valence-corrected chi connectivity index (χ0v) is 17.1. The summed E-state index contributed by atoms with van der Waals surface area (Å²) in [5.74, 6) is 0.118. The van der Waals surface area contributed by atoms with Crippen molar-refractivity contribution in [3.63, 3.8) is 0 Å². The molecule has 0 unspecified atom stereocenters. The third-order valence-electron chi connectivity index (χ3n) is 4.89. The number of piperidine rings is 1. The van der Waals surface area contributed by atoms with Crippen LogP contribution in [0.4, 0.5) is 16.0 Å². The highest BCUT2D eigenvalue weighted by atomic mass is 35.5. The Labute approximate surface area is 176 Å². The quantitative estimate of drug-likeness (QED) is 0.579. The predicted octanol–water partition coefficient (Wildman–Crippen LogP) is 3.08. The van der Waals surface area contributed by atoms with Crippen LogP contribution in [0.5, 0.6) is 5.88 Å². The van der Waals surface area contributed by atoms with Gasteiger partial charge in [-0.25, -0.2) is 4.39 Å². The molecule has 1 amide bonds. The van der Waals surface area contributed by atoms with Crippen LogP contribution in [0.25, 0.3) is 11.0 Å². The number of nitrogens with one attached hydrogen (secondary N) is 2. The molecule has 11 heteroatoms. The van der Waals surface area contributed by atoms with Crippen LogP contribution >= 0.6 is 11.6 Å². The topological polar surface area (TPSA) is 101 Å². The first-order valence-electron chi connectivity index (χ1n) is 9.54. The summed E-state index contributed by atoms with van der Waals surface area (Å²) in [6, 6.07) is 0. The van der Waals surface area contributed by atoms with Crippen molar-refractivity contribution >= 4 is 40.2 Å². The number of aryl methyl sites for hydroxylation is 1. The largest absolute Gasteiger partial charge is 0.469 e. The second kappa shape index (κ2) is 8.31. The highest BCUT2D eigenvalue weighted by molar-refractivity contribution is 6.35. The Morgan fingerprint density at radius 2 is 2.37 bits per heavy atom. The molecule has 3 aromatic heterocycles. The Hall–Kier alpha value is -3.14. The van der Waals surface area contributed by atoms with Gasteiger partial charge >= 0.3 is 0 Å². The molecule has 4 heterocycles. The molecule has 1 aliphatic rings. The van der Waals surface area contributed by atoms with Crippen LogP contribution < -0.4 is 10.1 Å². The van der Waals surface area contributed by atoms with Gasteiger partial charge in [0.1, 0.15) is 17.9 Å². The molecule has 1 aliphatic heterocycles. The molecule has 3 aromatic rings. The Kier molecular flexibility index (Phi) is 5.58. The van der Waals surface area contributed by atoms with E-state index in [0.29, 0.717) is 28.3 Å². The fourth-order valence-electron chi connectivity index (χ4n) is 3.31. The minimum absolute atomic E-state index is 0.0889. The van der Waals surface area contributed by atoms with Crippen LogP contribution in [0.3, 0.4) is 0 Å². The number of rotatable bonds is 6. The molecule has 2 N–H and O–H groups in total. The third-order valence-corrected chi connectivity index (χ3v) is 5.19. The van der Waals surface area contributed by atoms with Crippen LogP contribution in [-0.4, -0.2) is 60.9 Å². The molecule has 1 saturated heterocycles. The molecular weight excluding hydrogens is 413 g/mol. The highest BCUT2D eigenvalue weighted by Gasteiger charge is 2.33. The molecule has 0 spiro atoms. The lowest BCUT2D eigenvalue weighted by Gasteiger charge is -2.34. The number of carbonyl (C=O) groups excluding carboxylic acids is 1. The molecule has 0 aromatic carbocycles. The van der Waals surface area contributed by atoms with Gasteiger partial charge in [-0.1, -0.05) is 18.2 Å². The lowest BCUT2D eigenvalue weighted by molar-refractivity contribution is -0.130. The minimum Gasteiger partial charge on any atom is -0.469 e. The van der Waals surface area contributed by atoms with Gasteiger partial charge in [0.05, 0.1) is 28.8 Å². The molecule has 0 saturated carbocycles. The van der Waals surface area contributed by atoms with E-state index in [1.54, 1.807) is 17.1 Å². The summed E-state index contributed by atoms with van der Waals surface area (Å²) >= 11 is 6.27. The number of fused-ring (bicyclic) bond motifs is 1. The maximum absolute atomic E-state index is 14.6. The smallest absolute Gasteiger partial charge is 0.246 e. The van der Waals surface area contributed by atoms with E-state index in [0.717, 1.165) is 6.54 Å². The molecule has 158 valence electrons. The average Bonchev–Trinajstić information content (AvgIpc) is 3.35. The van der Waals surface area contributed by atoms with Crippen molar-refractivity contribution in [2.24, 2.45) is 0 Å². The number of aromatic amines is 1. The number of H-pyrrole nitrogens is 1. The van der Waals surface area contributed by atoms with Gasteiger partial charge in [-0.15, -0.1) is 0 Å². The molecule has 2 atom stereocenters. The summed E-state index contributed by atoms with van der Waals surface area (Å²) in [5, 5.41) is 8.07. The van der Waals surface area contributed by atoms with Crippen LogP contribution in [0.2, 0.25) is 5.02 Å². The van der Waals surface area contributed by atoms with Gasteiger partial charge in [0, 0.05) is 25.5 Å². The number of alkyl halides is 1. The second-order valence-corrected chi connectivity index (χ2v) is 7.28. The lowest BCUT2D eigenvalue weighted by Crippen LogP contribution is -2.49. The number of anilines is 2. The van der Waals surface area contributed by atoms with Crippen molar-refractivity contribution in [3.05, 3.63) is 36.3 Å². The second-order valence-electron chi connectivity index (χ2n) is 6.87. The number of hydrogen-bond acceptors (Lipinski definition) is 6. The standard InChI is InChI=1S/C19H21ClFN7O2/c1-3-15(29)27-6-5-13(21)14(10-27)30-18-16-12(20)8-22-17(16)25-19(26-18)24-11-7-23-28(4-2)9-11/h3,7-9,13-14H,1,4-6,10H2,2H3,(H2,22,24,25,26)/t13-,14-/m0/s1. The number of ether oxygens (including phenoxy) is 1. The van der Waals surface area contributed by atoms with Gasteiger partial charge in [-0.05, 0) is 19.4 Å². The summed E-state index contributed by atoms with van der Waals surface area (Å²) < 4.78 is 22.3. The fraction of sp³-hybridized carbons (Fsp3) is 0.368. The predicted molar refractivity (Wildman–Crippen MR) is 111 cm³/mol. The number of aromatic nitrogens is 5. The first-order chi connectivity index (χ1) is 14.5. The van der Waals surface area contributed by atoms with E-state index in [9.17, 15) is 9.18 Å². The van der Waals surface area contributed by atoms with Gasteiger partial charge in [0.2, 0.25) is 17.7 Å². The van der Waals surface area contributed by atoms with Crippen molar-refractivity contribution in [1.82, 2.24) is 29.6 Å². The molecule has 0 aliphatic carbocycles. The monoisotopic (exact) mass is 433 g/mol. The Balaban J connectivity index is 1.64. The molecule has 0 bridgehead atoms. The summed E-state index contributed by atoms with van der Waals surface area (Å²) in [6.45, 7) is 6.58. The van der Waals surface area contributed by atoms with Crippen molar-refractivity contribution in [2.45, 2.75) is 32.2 Å². The Bertz CT molecular complexity index is 1080. The summed E-state index contributed by atoms with van der Waals surface area (Å²) in [7, 11) is 0. The van der Waals surface area contributed by atoms with Crippen LogP contribution in [0, 0.1) is 0 Å². The van der Waals surface area contributed by atoms with Gasteiger partial charge in [-0.2, -0.15) is 15.1 Å². The van der Waals surface area contributed by atoms with Crippen LogP contribution in [0.1, 0.15) is 13.3 Å². The van der Waals surface area contributed by atoms with Crippen LogP contribution in [-0.2, 0) is 11.3 Å². The van der Waals surface area contributed by atoms with Crippen LogP contribution in [0.15, 0.2) is 31.2 Å². The van der Waals surface area contributed by atoms with Gasteiger partial charge in [0.15, 0.2) is 0 Å². The summed E-state index contributed by atoms with van der Waals surface area (Å²) in [4.78, 5) is 25.2. The maximum Gasteiger partial charge on any atom is 0.246 e. The fourth-order valence-corrected chi connectivity index (χ4v) is 3.53. The highest BCUT2D eigenvalue weighted by Crippen LogP contribution is 2.33. The van der Waals surface area contributed by atoms with E-state index in [2.05, 4.69) is 31.9 Å². The van der Waals surface area contributed by atoms with E-state index < -0.39 is 12.3 Å². The van der Waals surface area contributed by atoms with E-state index >= 15 is 0 Å². The minimum atomic E-state index is -1.25. The zero-order valence-electron chi connectivity index (χ0n) is 16.3. The SMILES string of the molecule is C=CC(=O)N1CC[C@H](F)[C@@H](Oc2nc(Nc3cnn(CC)c3)nc3[nH]cc(Cl)c23)C1. The molecular formula is C19H21ClFN7O2. The molecule has 9 nitrogen and oxygen atoms in total.